The Labute approximate surface area is 377 Å². The number of nitrogens with two attached hydrogens (primary N) is 2. The van der Waals surface area contributed by atoms with E-state index in [1.807, 2.05) is 52.0 Å². The zero-order chi connectivity index (χ0) is 43.8. The Kier molecular flexibility index (Phi) is 15.6. The van der Waals surface area contributed by atoms with Crippen LogP contribution in [0.15, 0.2) is 176 Å². The highest BCUT2D eigenvalue weighted by molar-refractivity contribution is 5.36. The lowest BCUT2D eigenvalue weighted by molar-refractivity contribution is 0.116. The Bertz CT molecular complexity index is 2560. The van der Waals surface area contributed by atoms with Crippen molar-refractivity contribution in [1.82, 2.24) is 35.3 Å². The fourth-order valence-corrected chi connectivity index (χ4v) is 8.13. The highest BCUT2D eigenvalue weighted by Gasteiger charge is 2.15. The molecule has 326 valence electrons. The third-order valence-electron chi connectivity index (χ3n) is 11.8. The van der Waals surface area contributed by atoms with Gasteiger partial charge < -0.3 is 21.5 Å². The molecule has 1 unspecified atom stereocenters. The molecule has 0 amide bonds. The van der Waals surface area contributed by atoms with Gasteiger partial charge in [0.1, 0.15) is 5.69 Å². The van der Waals surface area contributed by atoms with Crippen molar-refractivity contribution in [3.8, 4) is 0 Å². The van der Waals surface area contributed by atoms with Crippen LogP contribution >= 0.6 is 0 Å². The average Bonchev–Trinajstić information content (AvgIpc) is 4.02. The molecule has 3 atom stereocenters. The van der Waals surface area contributed by atoms with Crippen molar-refractivity contribution in [3.05, 3.63) is 238 Å². The number of hydrogen-bond donors (Lipinski definition) is 3. The van der Waals surface area contributed by atoms with Gasteiger partial charge in [0, 0.05) is 32.4 Å². The molecule has 10 nitrogen and oxygen atoms in total. The normalized spacial score (nSPS) is 12.8. The third-order valence-corrected chi connectivity index (χ3v) is 11.8. The number of aryl methyl sites for hydroxylation is 5. The second-order valence-electron chi connectivity index (χ2n) is 16.5. The van der Waals surface area contributed by atoms with Crippen molar-refractivity contribution in [1.29, 1.82) is 0 Å². The zero-order valence-corrected chi connectivity index (χ0v) is 36.5. The third kappa shape index (κ3) is 12.5. The van der Waals surface area contributed by atoms with Gasteiger partial charge in [-0.2, -0.15) is 0 Å². The molecule has 10 heteroatoms. The van der Waals surface area contributed by atoms with E-state index in [2.05, 4.69) is 160 Å². The molecule has 8 aromatic rings. The minimum absolute atomic E-state index is 0.0197. The molecule has 0 aliphatic heterocycles. The molecular weight excluding hydrogens is 791 g/mol. The van der Waals surface area contributed by atoms with E-state index in [1.165, 1.54) is 27.8 Å². The summed E-state index contributed by atoms with van der Waals surface area (Å²) >= 11 is 0. The Morgan fingerprint density at radius 3 is 1.34 bits per heavy atom. The summed E-state index contributed by atoms with van der Waals surface area (Å²) in [5, 5.41) is 21.3. The van der Waals surface area contributed by atoms with E-state index in [1.54, 1.807) is 0 Å². The molecule has 0 saturated heterocycles. The van der Waals surface area contributed by atoms with Gasteiger partial charge in [0.2, 0.25) is 0 Å². The number of rotatable bonds is 23. The summed E-state index contributed by atoms with van der Waals surface area (Å²) in [5.74, 6) is 0. The van der Waals surface area contributed by atoms with E-state index in [0.717, 1.165) is 85.3 Å². The minimum atomic E-state index is -0.118. The summed E-state index contributed by atoms with van der Waals surface area (Å²) < 4.78 is 9.86. The van der Waals surface area contributed by atoms with E-state index < -0.39 is 0 Å². The maximum Gasteiger partial charge on any atom is 0.108 e. The van der Waals surface area contributed by atoms with Gasteiger partial charge in [-0.3, -0.25) is 9.36 Å². The molecule has 0 radical (unpaired) electrons. The van der Waals surface area contributed by atoms with Gasteiger partial charge in [-0.25, -0.2) is 0 Å². The highest BCUT2D eigenvalue weighted by atomic mass is 16.5. The summed E-state index contributed by atoms with van der Waals surface area (Å²) in [6, 6.07) is 57.0. The number of hydrogen-bond acceptors (Lipinski definition) is 8. The molecule has 0 fully saturated rings. The first-order valence-electron chi connectivity index (χ1n) is 22.6. The van der Waals surface area contributed by atoms with E-state index >= 15 is 0 Å². The maximum absolute atomic E-state index is 6.50. The van der Waals surface area contributed by atoms with Crippen LogP contribution in [-0.4, -0.2) is 36.6 Å². The second kappa shape index (κ2) is 22.7. The molecule has 0 aliphatic rings. The topological polar surface area (TPSA) is 135 Å². The minimum Gasteiger partial charge on any atom is -0.375 e. The lowest BCUT2D eigenvalue weighted by Crippen LogP contribution is -2.22. The van der Waals surface area contributed by atoms with Crippen LogP contribution in [0.5, 0.6) is 0 Å². The Balaban J connectivity index is 0.736. The fourth-order valence-electron chi connectivity index (χ4n) is 8.13. The fraction of sp³-hybridized carbons (Fsp3) is 0.259. The van der Waals surface area contributed by atoms with Crippen molar-refractivity contribution in [2.45, 2.75) is 82.9 Å². The summed E-state index contributed by atoms with van der Waals surface area (Å²) in [5.41, 5.74) is 25.5. The molecule has 0 bridgehead atoms. The Morgan fingerprint density at radius 2 is 0.844 bits per heavy atom. The molecule has 2 aromatic heterocycles. The standard InChI is InChI=1S/C54H59N9O/c55-52(44-16-4-1-5-17-44)46-28-22-41(23-29-46)13-10-34-62-38-50(58-60-62)37-57-54(48-20-8-3-9-21-48)49-32-26-43(27-33-49)15-12-36-64-40-51-39-63(61-59-51)35-11-14-42-24-30-47(31-25-42)53(56)45-18-6-2-7-19-45/h1-9,16-33,38-39,52-54,57H,10-15,34-37,40,55-56H2/t52-,53-,54?/m0/s1. The lowest BCUT2D eigenvalue weighted by Gasteiger charge is -2.20. The van der Waals surface area contributed by atoms with Gasteiger partial charge in [-0.15, -0.1) is 10.2 Å². The lowest BCUT2D eigenvalue weighted by atomic mass is 9.97. The summed E-state index contributed by atoms with van der Waals surface area (Å²) in [7, 11) is 0. The number of ether oxygens (including phenoxy) is 1. The predicted molar refractivity (Wildman–Crippen MR) is 254 cm³/mol. The summed E-state index contributed by atoms with van der Waals surface area (Å²) in [6.45, 7) is 3.33. The number of benzene rings is 6. The smallest absolute Gasteiger partial charge is 0.108 e. The van der Waals surface area contributed by atoms with Crippen molar-refractivity contribution >= 4 is 0 Å². The van der Waals surface area contributed by atoms with Crippen molar-refractivity contribution in [3.63, 3.8) is 0 Å². The van der Waals surface area contributed by atoms with Gasteiger partial charge in [-0.05, 0) is 88.6 Å². The molecule has 5 N–H and O–H groups in total. The molecular formula is C54H59N9O. The van der Waals surface area contributed by atoms with Gasteiger partial charge in [-0.1, -0.05) is 174 Å². The van der Waals surface area contributed by atoms with Crippen LogP contribution in [0.25, 0.3) is 0 Å². The van der Waals surface area contributed by atoms with Crippen LogP contribution in [-0.2, 0) is 50.2 Å². The van der Waals surface area contributed by atoms with Gasteiger partial charge in [0.05, 0.1) is 36.6 Å². The van der Waals surface area contributed by atoms with Crippen molar-refractivity contribution < 1.29 is 4.74 Å². The molecule has 2 heterocycles. The first-order chi connectivity index (χ1) is 31.5. The average molecular weight is 850 g/mol. The molecule has 8 rings (SSSR count). The predicted octanol–water partition coefficient (Wildman–Crippen LogP) is 9.26. The zero-order valence-electron chi connectivity index (χ0n) is 36.5. The molecule has 64 heavy (non-hydrogen) atoms. The summed E-state index contributed by atoms with van der Waals surface area (Å²) in [6.07, 6.45) is 9.78. The highest BCUT2D eigenvalue weighted by Crippen LogP contribution is 2.25. The monoisotopic (exact) mass is 849 g/mol. The number of nitrogens with zero attached hydrogens (tertiary/aromatic N) is 6. The van der Waals surface area contributed by atoms with Gasteiger partial charge in [0.25, 0.3) is 0 Å². The molecule has 0 spiro atoms. The van der Waals surface area contributed by atoms with Gasteiger partial charge >= 0.3 is 0 Å². The van der Waals surface area contributed by atoms with Crippen LogP contribution in [0.4, 0.5) is 0 Å². The summed E-state index contributed by atoms with van der Waals surface area (Å²) in [4.78, 5) is 0. The Morgan fingerprint density at radius 1 is 0.453 bits per heavy atom. The van der Waals surface area contributed by atoms with Crippen molar-refractivity contribution in [2.75, 3.05) is 6.61 Å². The largest absolute Gasteiger partial charge is 0.375 e. The first-order valence-corrected chi connectivity index (χ1v) is 22.6. The van der Waals surface area contributed by atoms with E-state index in [9.17, 15) is 0 Å². The molecule has 6 aromatic carbocycles. The SMILES string of the molecule is N[C@@H](c1ccccc1)c1ccc(CCCn2cc(CNC(c3ccccc3)c3ccc(CCCOCc4cn(CCCc5ccc([C@@H](N)c6ccccc6)cc5)nn4)cc3)nn2)cc1. The second-order valence-corrected chi connectivity index (χ2v) is 16.5. The van der Waals surface area contributed by atoms with E-state index in [-0.39, 0.29) is 18.1 Å². The molecule has 0 aliphatic carbocycles. The first kappa shape index (κ1) is 44.1. The van der Waals surface area contributed by atoms with Crippen LogP contribution in [0, 0.1) is 0 Å². The Hall–Kier alpha value is -6.56. The maximum atomic E-state index is 6.50. The van der Waals surface area contributed by atoms with E-state index in [0.29, 0.717) is 19.8 Å². The van der Waals surface area contributed by atoms with Crippen LogP contribution in [0.2, 0.25) is 0 Å². The van der Waals surface area contributed by atoms with Crippen LogP contribution < -0.4 is 16.8 Å². The van der Waals surface area contributed by atoms with Crippen LogP contribution in [0.1, 0.15) is 98.8 Å². The number of aromatic nitrogens is 6. The van der Waals surface area contributed by atoms with Gasteiger partial charge in [0.15, 0.2) is 0 Å². The quantitative estimate of drug-likeness (QED) is 0.0543. The number of nitrogens with one attached hydrogen (secondary N) is 1. The van der Waals surface area contributed by atoms with Crippen molar-refractivity contribution in [2.24, 2.45) is 11.5 Å². The van der Waals surface area contributed by atoms with E-state index in [4.69, 9.17) is 16.2 Å². The van der Waals surface area contributed by atoms with Crippen LogP contribution in [0.3, 0.4) is 0 Å². The molecule has 0 saturated carbocycles.